The molecule has 1 aromatic carbocycles. The van der Waals surface area contributed by atoms with E-state index < -0.39 is 0 Å². The predicted octanol–water partition coefficient (Wildman–Crippen LogP) is 3.26. The summed E-state index contributed by atoms with van der Waals surface area (Å²) in [6.45, 7) is 2.66. The molecule has 4 rings (SSSR count). The van der Waals surface area contributed by atoms with Gasteiger partial charge < -0.3 is 18.8 Å². The number of carbonyl (C=O) groups excluding carboxylic acids is 1. The van der Waals surface area contributed by atoms with Crippen molar-refractivity contribution in [1.29, 1.82) is 0 Å². The van der Waals surface area contributed by atoms with Crippen LogP contribution in [0.5, 0.6) is 0 Å². The second-order valence-electron chi connectivity index (χ2n) is 6.89. The fourth-order valence-corrected chi connectivity index (χ4v) is 3.72. The SMILES string of the molecule is O=C(c1ccco1)N1CCC2(CC1)CC(OCc1ccccc1)CO2. The van der Waals surface area contributed by atoms with Crippen LogP contribution in [0, 0.1) is 0 Å². The van der Waals surface area contributed by atoms with Gasteiger partial charge in [0.05, 0.1) is 31.2 Å². The van der Waals surface area contributed by atoms with Crippen LogP contribution in [0.3, 0.4) is 0 Å². The van der Waals surface area contributed by atoms with Crippen LogP contribution in [0.1, 0.15) is 35.4 Å². The average Bonchev–Trinajstić information content (AvgIpc) is 3.32. The molecule has 132 valence electrons. The predicted molar refractivity (Wildman–Crippen MR) is 92.2 cm³/mol. The highest BCUT2D eigenvalue weighted by molar-refractivity contribution is 5.91. The zero-order chi connectivity index (χ0) is 17.1. The molecule has 2 saturated heterocycles. The summed E-state index contributed by atoms with van der Waals surface area (Å²) in [5.74, 6) is 0.377. The van der Waals surface area contributed by atoms with Gasteiger partial charge in [0, 0.05) is 19.5 Å². The van der Waals surface area contributed by atoms with Crippen molar-refractivity contribution in [3.8, 4) is 0 Å². The van der Waals surface area contributed by atoms with Crippen LogP contribution in [-0.4, -0.2) is 42.2 Å². The molecule has 2 fully saturated rings. The lowest BCUT2D eigenvalue weighted by Crippen LogP contribution is -2.46. The van der Waals surface area contributed by atoms with Gasteiger partial charge in [-0.2, -0.15) is 0 Å². The van der Waals surface area contributed by atoms with Crippen molar-refractivity contribution in [1.82, 2.24) is 4.90 Å². The van der Waals surface area contributed by atoms with Crippen LogP contribution in [0.15, 0.2) is 53.1 Å². The van der Waals surface area contributed by atoms with Crippen LogP contribution in [0.25, 0.3) is 0 Å². The summed E-state index contributed by atoms with van der Waals surface area (Å²) < 4.78 is 17.4. The van der Waals surface area contributed by atoms with Crippen molar-refractivity contribution in [2.45, 2.75) is 37.6 Å². The largest absolute Gasteiger partial charge is 0.459 e. The van der Waals surface area contributed by atoms with Crippen molar-refractivity contribution < 1.29 is 18.7 Å². The monoisotopic (exact) mass is 341 g/mol. The summed E-state index contributed by atoms with van der Waals surface area (Å²) in [4.78, 5) is 14.2. The minimum Gasteiger partial charge on any atom is -0.459 e. The van der Waals surface area contributed by atoms with Gasteiger partial charge in [-0.15, -0.1) is 0 Å². The maximum Gasteiger partial charge on any atom is 0.289 e. The number of furan rings is 1. The Hall–Kier alpha value is -2.11. The molecule has 3 heterocycles. The van der Waals surface area contributed by atoms with Crippen LogP contribution in [-0.2, 0) is 16.1 Å². The Kier molecular flexibility index (Phi) is 4.59. The fourth-order valence-electron chi connectivity index (χ4n) is 3.72. The number of ether oxygens (including phenoxy) is 2. The molecule has 0 N–H and O–H groups in total. The van der Waals surface area contributed by atoms with Crippen molar-refractivity contribution in [3.63, 3.8) is 0 Å². The molecule has 0 bridgehead atoms. The van der Waals surface area contributed by atoms with Gasteiger partial charge in [-0.1, -0.05) is 30.3 Å². The molecule has 5 nitrogen and oxygen atoms in total. The van der Waals surface area contributed by atoms with Crippen LogP contribution in [0.2, 0.25) is 0 Å². The molecule has 0 radical (unpaired) electrons. The number of likely N-dealkylation sites (tertiary alicyclic amines) is 1. The molecule has 1 unspecified atom stereocenters. The molecule has 1 atom stereocenters. The Morgan fingerprint density at radius 2 is 1.96 bits per heavy atom. The Morgan fingerprint density at radius 3 is 2.68 bits per heavy atom. The second kappa shape index (κ2) is 7.02. The zero-order valence-corrected chi connectivity index (χ0v) is 14.2. The molecule has 0 saturated carbocycles. The number of benzene rings is 1. The molecule has 2 aliphatic rings. The molecule has 2 aliphatic heterocycles. The molecule has 25 heavy (non-hydrogen) atoms. The lowest BCUT2D eigenvalue weighted by Gasteiger charge is -2.38. The van der Waals surface area contributed by atoms with Gasteiger partial charge in [0.2, 0.25) is 0 Å². The van der Waals surface area contributed by atoms with E-state index in [-0.39, 0.29) is 17.6 Å². The quantitative estimate of drug-likeness (QED) is 0.856. The van der Waals surface area contributed by atoms with Gasteiger partial charge in [-0.05, 0) is 30.5 Å². The molecular weight excluding hydrogens is 318 g/mol. The molecule has 2 aromatic rings. The number of hydrogen-bond donors (Lipinski definition) is 0. The Balaban J connectivity index is 1.28. The van der Waals surface area contributed by atoms with Crippen LogP contribution >= 0.6 is 0 Å². The second-order valence-corrected chi connectivity index (χ2v) is 6.89. The van der Waals surface area contributed by atoms with Crippen molar-refractivity contribution >= 4 is 5.91 Å². The lowest BCUT2D eigenvalue weighted by molar-refractivity contribution is -0.0416. The maximum absolute atomic E-state index is 12.4. The van der Waals surface area contributed by atoms with Crippen LogP contribution in [0.4, 0.5) is 0 Å². The summed E-state index contributed by atoms with van der Waals surface area (Å²) >= 11 is 0. The minimum atomic E-state index is -0.138. The van der Waals surface area contributed by atoms with Gasteiger partial charge in [0.15, 0.2) is 5.76 Å². The summed E-state index contributed by atoms with van der Waals surface area (Å²) in [5, 5.41) is 0. The van der Waals surface area contributed by atoms with E-state index in [0.29, 0.717) is 32.1 Å². The van der Waals surface area contributed by atoms with E-state index in [0.717, 1.165) is 19.3 Å². The molecule has 1 amide bonds. The first kappa shape index (κ1) is 16.4. The fraction of sp³-hybridized carbons (Fsp3) is 0.450. The first-order valence-electron chi connectivity index (χ1n) is 8.86. The topological polar surface area (TPSA) is 51.9 Å². The normalized spacial score (nSPS) is 22.4. The molecule has 0 aliphatic carbocycles. The highest BCUT2D eigenvalue weighted by atomic mass is 16.6. The molecular formula is C20H23NO4. The summed E-state index contributed by atoms with van der Waals surface area (Å²) in [7, 11) is 0. The Morgan fingerprint density at radius 1 is 1.16 bits per heavy atom. The minimum absolute atomic E-state index is 0.0327. The van der Waals surface area contributed by atoms with E-state index in [4.69, 9.17) is 13.9 Å². The molecule has 5 heteroatoms. The van der Waals surface area contributed by atoms with Gasteiger partial charge in [-0.25, -0.2) is 0 Å². The lowest BCUT2D eigenvalue weighted by atomic mass is 9.88. The van der Waals surface area contributed by atoms with Gasteiger partial charge >= 0.3 is 0 Å². The number of rotatable bonds is 4. The van der Waals surface area contributed by atoms with Crippen LogP contribution < -0.4 is 0 Å². The smallest absolute Gasteiger partial charge is 0.289 e. The number of carbonyl (C=O) groups is 1. The van der Waals surface area contributed by atoms with Crippen molar-refractivity contribution in [3.05, 3.63) is 60.1 Å². The zero-order valence-electron chi connectivity index (χ0n) is 14.2. The first-order valence-corrected chi connectivity index (χ1v) is 8.86. The number of nitrogens with zero attached hydrogens (tertiary/aromatic N) is 1. The van der Waals surface area contributed by atoms with E-state index in [9.17, 15) is 4.79 Å². The Bertz CT molecular complexity index is 690. The third kappa shape index (κ3) is 3.62. The third-order valence-electron chi connectivity index (χ3n) is 5.20. The summed E-state index contributed by atoms with van der Waals surface area (Å²) in [5.41, 5.74) is 1.05. The van der Waals surface area contributed by atoms with Crippen molar-refractivity contribution in [2.24, 2.45) is 0 Å². The molecule has 1 aromatic heterocycles. The van der Waals surface area contributed by atoms with E-state index in [1.807, 2.05) is 23.1 Å². The standard InChI is InChI=1S/C20H23NO4/c22-19(18-7-4-12-23-18)21-10-8-20(9-11-21)13-17(15-25-20)24-14-16-5-2-1-3-6-16/h1-7,12,17H,8-11,13-15H2. The highest BCUT2D eigenvalue weighted by Gasteiger charge is 2.44. The molecule has 1 spiro atoms. The summed E-state index contributed by atoms with van der Waals surface area (Å²) in [6.07, 6.45) is 4.28. The van der Waals surface area contributed by atoms with Gasteiger partial charge in [0.1, 0.15) is 0 Å². The summed E-state index contributed by atoms with van der Waals surface area (Å²) in [6, 6.07) is 13.7. The van der Waals surface area contributed by atoms with E-state index >= 15 is 0 Å². The van der Waals surface area contributed by atoms with E-state index in [2.05, 4.69) is 12.1 Å². The van der Waals surface area contributed by atoms with E-state index in [1.165, 1.54) is 11.8 Å². The third-order valence-corrected chi connectivity index (χ3v) is 5.20. The highest BCUT2D eigenvalue weighted by Crippen LogP contribution is 2.37. The van der Waals surface area contributed by atoms with Crippen molar-refractivity contribution in [2.75, 3.05) is 19.7 Å². The van der Waals surface area contributed by atoms with E-state index in [1.54, 1.807) is 12.1 Å². The number of piperidine rings is 1. The van der Waals surface area contributed by atoms with Gasteiger partial charge in [0.25, 0.3) is 5.91 Å². The Labute approximate surface area is 147 Å². The average molecular weight is 341 g/mol. The maximum atomic E-state index is 12.4. The van der Waals surface area contributed by atoms with Gasteiger partial charge in [-0.3, -0.25) is 4.79 Å². The number of amides is 1. The first-order chi connectivity index (χ1) is 12.2. The number of hydrogen-bond acceptors (Lipinski definition) is 4.